The van der Waals surface area contributed by atoms with Gasteiger partial charge in [0.05, 0.1) is 12.2 Å². The first kappa shape index (κ1) is 13.1. The number of aromatic nitrogens is 2. The van der Waals surface area contributed by atoms with Crippen LogP contribution in [0.4, 0.5) is 0 Å². The largest absolute Gasteiger partial charge is 0.489 e. The maximum atomic E-state index is 5.94. The zero-order valence-corrected chi connectivity index (χ0v) is 11.9. The number of oxazole rings is 1. The van der Waals surface area contributed by atoms with E-state index < -0.39 is 0 Å². The Hall–Kier alpha value is -1.88. The smallest absolute Gasteiger partial charge is 0.208 e. The van der Waals surface area contributed by atoms with Crippen molar-refractivity contribution < 1.29 is 9.15 Å². The van der Waals surface area contributed by atoms with Crippen molar-refractivity contribution in [1.82, 2.24) is 14.9 Å². The number of hydrogen-bond donors (Lipinski definition) is 0. The van der Waals surface area contributed by atoms with E-state index in [0.29, 0.717) is 0 Å². The molecule has 5 heteroatoms. The Bertz CT molecular complexity index is 548. The van der Waals surface area contributed by atoms with Crippen LogP contribution in [0.5, 0.6) is 5.75 Å². The third-order valence-corrected chi connectivity index (χ3v) is 3.61. The number of nitrogens with zero attached hydrogens (tertiary/aromatic N) is 3. The lowest BCUT2D eigenvalue weighted by atomic mass is 10.3. The van der Waals surface area contributed by atoms with Crippen molar-refractivity contribution >= 4 is 0 Å². The molecule has 20 heavy (non-hydrogen) atoms. The molecule has 0 radical (unpaired) electrons. The Morgan fingerprint density at radius 3 is 2.85 bits per heavy atom. The van der Waals surface area contributed by atoms with Crippen molar-refractivity contribution in [2.45, 2.75) is 32.9 Å². The summed E-state index contributed by atoms with van der Waals surface area (Å²) in [5.74, 6) is 2.59. The first-order chi connectivity index (χ1) is 9.70. The fourth-order valence-corrected chi connectivity index (χ4v) is 2.44. The first-order valence-electron chi connectivity index (χ1n) is 6.92. The van der Waals surface area contributed by atoms with Gasteiger partial charge in [-0.3, -0.25) is 9.88 Å². The van der Waals surface area contributed by atoms with E-state index in [0.717, 1.165) is 49.1 Å². The van der Waals surface area contributed by atoms with Crippen LogP contribution >= 0.6 is 0 Å². The van der Waals surface area contributed by atoms with Gasteiger partial charge in [-0.15, -0.1) is 0 Å². The maximum absolute atomic E-state index is 5.94. The lowest BCUT2D eigenvalue weighted by Gasteiger charge is -2.15. The van der Waals surface area contributed by atoms with E-state index in [1.165, 1.54) is 0 Å². The predicted octanol–water partition coefficient (Wildman–Crippen LogP) is 2.34. The molecule has 1 aliphatic heterocycles. The van der Waals surface area contributed by atoms with E-state index in [1.54, 1.807) is 12.4 Å². The number of pyridine rings is 1. The molecule has 0 spiro atoms. The van der Waals surface area contributed by atoms with Gasteiger partial charge in [0.2, 0.25) is 5.89 Å². The average molecular weight is 273 g/mol. The van der Waals surface area contributed by atoms with Gasteiger partial charge < -0.3 is 9.15 Å². The van der Waals surface area contributed by atoms with Crippen molar-refractivity contribution in [3.05, 3.63) is 41.9 Å². The zero-order chi connectivity index (χ0) is 13.9. The van der Waals surface area contributed by atoms with Crippen molar-refractivity contribution in [2.24, 2.45) is 0 Å². The predicted molar refractivity (Wildman–Crippen MR) is 74.5 cm³/mol. The number of likely N-dealkylation sites (tertiary alicyclic amines) is 1. The minimum Gasteiger partial charge on any atom is -0.489 e. The number of ether oxygens (including phenoxy) is 1. The van der Waals surface area contributed by atoms with Crippen molar-refractivity contribution in [1.29, 1.82) is 0 Å². The van der Waals surface area contributed by atoms with E-state index in [2.05, 4.69) is 14.9 Å². The molecule has 0 aliphatic carbocycles. The van der Waals surface area contributed by atoms with Crippen LogP contribution in [0.15, 0.2) is 28.9 Å². The topological polar surface area (TPSA) is 51.4 Å². The molecular weight excluding hydrogens is 254 g/mol. The van der Waals surface area contributed by atoms with E-state index in [9.17, 15) is 0 Å². The number of rotatable bonds is 4. The zero-order valence-electron chi connectivity index (χ0n) is 11.9. The van der Waals surface area contributed by atoms with Gasteiger partial charge >= 0.3 is 0 Å². The molecule has 5 nitrogen and oxygen atoms in total. The molecule has 1 fully saturated rings. The Morgan fingerprint density at radius 2 is 2.15 bits per heavy atom. The lowest BCUT2D eigenvalue weighted by molar-refractivity contribution is 0.193. The van der Waals surface area contributed by atoms with Crippen molar-refractivity contribution in [2.75, 3.05) is 13.1 Å². The molecule has 0 N–H and O–H groups in total. The molecule has 0 aromatic carbocycles. The SMILES string of the molecule is Cc1nc(CN2CC[C@H](Oc3ccncc3)C2)oc1C. The number of aryl methyl sites for hydroxylation is 2. The van der Waals surface area contributed by atoms with Crippen LogP contribution in [0.25, 0.3) is 0 Å². The highest BCUT2D eigenvalue weighted by molar-refractivity contribution is 5.17. The van der Waals surface area contributed by atoms with Crippen LogP contribution in [0.2, 0.25) is 0 Å². The second-order valence-electron chi connectivity index (χ2n) is 5.20. The van der Waals surface area contributed by atoms with Crippen LogP contribution in [-0.2, 0) is 6.54 Å². The van der Waals surface area contributed by atoms with Crippen LogP contribution in [0, 0.1) is 13.8 Å². The molecular formula is C15H19N3O2. The molecule has 1 aliphatic rings. The van der Waals surface area contributed by atoms with Crippen LogP contribution < -0.4 is 4.74 Å². The highest BCUT2D eigenvalue weighted by atomic mass is 16.5. The fourth-order valence-electron chi connectivity index (χ4n) is 2.44. The van der Waals surface area contributed by atoms with E-state index in [1.807, 2.05) is 26.0 Å². The molecule has 0 amide bonds. The summed E-state index contributed by atoms with van der Waals surface area (Å²) in [7, 11) is 0. The van der Waals surface area contributed by atoms with Crippen LogP contribution in [0.3, 0.4) is 0 Å². The normalized spacial score (nSPS) is 19.4. The second-order valence-corrected chi connectivity index (χ2v) is 5.20. The van der Waals surface area contributed by atoms with Crippen LogP contribution in [0.1, 0.15) is 23.8 Å². The molecule has 106 valence electrons. The molecule has 3 rings (SSSR count). The Labute approximate surface area is 118 Å². The van der Waals surface area contributed by atoms with Gasteiger partial charge in [0.25, 0.3) is 0 Å². The van der Waals surface area contributed by atoms with Gasteiger partial charge in [-0.1, -0.05) is 0 Å². The molecule has 0 unspecified atom stereocenters. The monoisotopic (exact) mass is 273 g/mol. The Kier molecular flexibility index (Phi) is 3.69. The van der Waals surface area contributed by atoms with Gasteiger partial charge in [-0.05, 0) is 32.4 Å². The summed E-state index contributed by atoms with van der Waals surface area (Å²) in [4.78, 5) is 10.7. The summed E-state index contributed by atoms with van der Waals surface area (Å²) >= 11 is 0. The summed E-state index contributed by atoms with van der Waals surface area (Å²) in [5, 5.41) is 0. The summed E-state index contributed by atoms with van der Waals surface area (Å²) in [6.07, 6.45) is 4.76. The first-order valence-corrected chi connectivity index (χ1v) is 6.92. The van der Waals surface area contributed by atoms with E-state index >= 15 is 0 Å². The standard InChI is InChI=1S/C15H19N3O2/c1-11-12(2)19-15(17-11)10-18-8-5-14(9-18)20-13-3-6-16-7-4-13/h3-4,6-7,14H,5,8-10H2,1-2H3/t14-/m0/s1. The highest BCUT2D eigenvalue weighted by Gasteiger charge is 2.25. The third kappa shape index (κ3) is 2.99. The van der Waals surface area contributed by atoms with Crippen LogP contribution in [-0.4, -0.2) is 34.1 Å². The summed E-state index contributed by atoms with van der Waals surface area (Å²) in [6.45, 7) is 6.59. The Balaban J connectivity index is 1.54. The minimum atomic E-state index is 0.231. The average Bonchev–Trinajstić information content (AvgIpc) is 2.99. The quantitative estimate of drug-likeness (QED) is 0.855. The lowest BCUT2D eigenvalue weighted by Crippen LogP contribution is -2.24. The summed E-state index contributed by atoms with van der Waals surface area (Å²) < 4.78 is 11.6. The molecule has 2 aromatic rings. The molecule has 1 atom stereocenters. The van der Waals surface area contributed by atoms with E-state index in [4.69, 9.17) is 9.15 Å². The molecule has 3 heterocycles. The van der Waals surface area contributed by atoms with Crippen molar-refractivity contribution in [3.8, 4) is 5.75 Å². The van der Waals surface area contributed by atoms with Crippen molar-refractivity contribution in [3.63, 3.8) is 0 Å². The molecule has 2 aromatic heterocycles. The molecule has 1 saturated heterocycles. The van der Waals surface area contributed by atoms with Gasteiger partial charge in [-0.2, -0.15) is 0 Å². The number of hydrogen-bond acceptors (Lipinski definition) is 5. The minimum absolute atomic E-state index is 0.231. The summed E-state index contributed by atoms with van der Waals surface area (Å²) in [6, 6.07) is 3.78. The molecule has 0 saturated carbocycles. The highest BCUT2D eigenvalue weighted by Crippen LogP contribution is 2.19. The van der Waals surface area contributed by atoms with Gasteiger partial charge in [0.15, 0.2) is 0 Å². The Morgan fingerprint density at radius 1 is 1.35 bits per heavy atom. The third-order valence-electron chi connectivity index (χ3n) is 3.61. The van der Waals surface area contributed by atoms with Gasteiger partial charge in [-0.25, -0.2) is 4.98 Å². The fraction of sp³-hybridized carbons (Fsp3) is 0.467. The van der Waals surface area contributed by atoms with E-state index in [-0.39, 0.29) is 6.10 Å². The van der Waals surface area contributed by atoms with Gasteiger partial charge in [0, 0.05) is 25.5 Å². The molecule has 0 bridgehead atoms. The summed E-state index contributed by atoms with van der Waals surface area (Å²) in [5.41, 5.74) is 0.976. The van der Waals surface area contributed by atoms with Gasteiger partial charge in [0.1, 0.15) is 17.6 Å². The second kappa shape index (κ2) is 5.63. The maximum Gasteiger partial charge on any atom is 0.208 e.